The summed E-state index contributed by atoms with van der Waals surface area (Å²) in [4.78, 5) is 27.4. The van der Waals surface area contributed by atoms with Gasteiger partial charge in [0.2, 0.25) is 0 Å². The number of carbonyl (C=O) groups is 2. The third-order valence-electron chi connectivity index (χ3n) is 3.66. The summed E-state index contributed by atoms with van der Waals surface area (Å²) in [5.41, 5.74) is 6.54. The van der Waals surface area contributed by atoms with E-state index in [1.54, 1.807) is 35.6 Å². The van der Waals surface area contributed by atoms with Crippen LogP contribution >= 0.6 is 22.9 Å². The van der Waals surface area contributed by atoms with E-state index < -0.39 is 0 Å². The van der Waals surface area contributed by atoms with Gasteiger partial charge in [0.25, 0.3) is 11.8 Å². The summed E-state index contributed by atoms with van der Waals surface area (Å²) in [5, 5.41) is 2.56. The van der Waals surface area contributed by atoms with E-state index in [1.165, 1.54) is 10.4 Å². The number of amides is 2. The van der Waals surface area contributed by atoms with Gasteiger partial charge in [0.1, 0.15) is 0 Å². The topological polar surface area (TPSA) is 61.4 Å². The van der Waals surface area contributed by atoms with Crippen LogP contribution in [0.2, 0.25) is 5.02 Å². The molecular weight excluding hydrogens is 334 g/mol. The van der Waals surface area contributed by atoms with Crippen molar-refractivity contribution < 1.29 is 9.59 Å². The molecule has 2 amide bonds. The van der Waals surface area contributed by atoms with E-state index >= 15 is 0 Å². The van der Waals surface area contributed by atoms with E-state index in [1.807, 2.05) is 0 Å². The first kappa shape index (κ1) is 16.0. The summed E-state index contributed by atoms with van der Waals surface area (Å²) < 4.78 is 0. The molecule has 0 bridgehead atoms. The first-order chi connectivity index (χ1) is 11.1. The molecule has 7 heteroatoms. The van der Waals surface area contributed by atoms with Crippen LogP contribution in [0.4, 0.5) is 0 Å². The lowest BCUT2D eigenvalue weighted by atomic mass is 10.1. The summed E-state index contributed by atoms with van der Waals surface area (Å²) >= 11 is 7.60. The van der Waals surface area contributed by atoms with Gasteiger partial charge in [-0.25, -0.2) is 0 Å². The Hall–Kier alpha value is -1.89. The van der Waals surface area contributed by atoms with Gasteiger partial charge in [0.15, 0.2) is 0 Å². The van der Waals surface area contributed by atoms with E-state index in [2.05, 4.69) is 27.2 Å². The molecule has 0 spiro atoms. The third kappa shape index (κ3) is 4.10. The molecule has 2 N–H and O–H groups in total. The van der Waals surface area contributed by atoms with Crippen molar-refractivity contribution in [3.05, 3.63) is 56.7 Å². The molecule has 0 unspecified atom stereocenters. The molecule has 1 aliphatic rings. The van der Waals surface area contributed by atoms with Crippen molar-refractivity contribution in [2.24, 2.45) is 0 Å². The highest BCUT2D eigenvalue weighted by molar-refractivity contribution is 7.10. The molecule has 0 atom stereocenters. The first-order valence-corrected chi connectivity index (χ1v) is 8.50. The largest absolute Gasteiger partial charge is 0.290 e. The summed E-state index contributed by atoms with van der Waals surface area (Å²) in [6, 6.07) is 8.66. The maximum atomic E-state index is 12.0. The van der Waals surface area contributed by atoms with Gasteiger partial charge in [-0.15, -0.1) is 11.3 Å². The molecule has 2 heterocycles. The smallest absolute Gasteiger partial charge is 0.269 e. The van der Waals surface area contributed by atoms with Gasteiger partial charge in [-0.1, -0.05) is 17.7 Å². The number of hydrazine groups is 1. The Bertz CT molecular complexity index is 732. The molecule has 1 aromatic carbocycles. The quantitative estimate of drug-likeness (QED) is 0.835. The minimum absolute atomic E-state index is 0.237. The summed E-state index contributed by atoms with van der Waals surface area (Å²) in [6.45, 7) is 1.88. The molecule has 1 aromatic heterocycles. The van der Waals surface area contributed by atoms with Crippen molar-refractivity contribution in [3.8, 4) is 0 Å². The van der Waals surface area contributed by atoms with Gasteiger partial charge in [0.05, 0.1) is 6.54 Å². The minimum Gasteiger partial charge on any atom is -0.290 e. The van der Waals surface area contributed by atoms with Crippen LogP contribution in [-0.2, 0) is 17.8 Å². The number of thiophene rings is 1. The third-order valence-corrected chi connectivity index (χ3v) is 4.91. The van der Waals surface area contributed by atoms with Gasteiger partial charge >= 0.3 is 0 Å². The lowest BCUT2D eigenvalue weighted by Gasteiger charge is -2.26. The zero-order chi connectivity index (χ0) is 16.2. The maximum absolute atomic E-state index is 12.0. The SMILES string of the molecule is O=C(CN1CCc2sccc2C1)NNC(=O)c1cccc(Cl)c1. The van der Waals surface area contributed by atoms with E-state index in [4.69, 9.17) is 11.6 Å². The Morgan fingerprint density at radius 2 is 2.13 bits per heavy atom. The summed E-state index contributed by atoms with van der Waals surface area (Å²) in [5.74, 6) is -0.626. The molecule has 0 aliphatic carbocycles. The van der Waals surface area contributed by atoms with E-state index in [0.717, 1.165) is 19.5 Å². The first-order valence-electron chi connectivity index (χ1n) is 7.24. The number of carbonyl (C=O) groups excluding carboxylic acids is 2. The van der Waals surface area contributed by atoms with Crippen LogP contribution in [0.5, 0.6) is 0 Å². The summed E-state index contributed by atoms with van der Waals surface area (Å²) in [7, 11) is 0. The molecule has 3 rings (SSSR count). The van der Waals surface area contributed by atoms with Crippen molar-refractivity contribution in [2.75, 3.05) is 13.1 Å². The molecule has 0 fully saturated rings. The van der Waals surface area contributed by atoms with E-state index in [0.29, 0.717) is 10.6 Å². The normalized spacial score (nSPS) is 14.1. The van der Waals surface area contributed by atoms with Crippen LogP contribution in [0.1, 0.15) is 20.8 Å². The molecule has 23 heavy (non-hydrogen) atoms. The van der Waals surface area contributed by atoms with Gasteiger partial charge < -0.3 is 0 Å². The van der Waals surface area contributed by atoms with Gasteiger partial charge in [-0.3, -0.25) is 25.3 Å². The Kier molecular flexibility index (Phi) is 4.95. The number of hydrogen-bond donors (Lipinski definition) is 2. The Morgan fingerprint density at radius 1 is 1.26 bits per heavy atom. The Morgan fingerprint density at radius 3 is 2.96 bits per heavy atom. The van der Waals surface area contributed by atoms with Crippen LogP contribution in [0.15, 0.2) is 35.7 Å². The highest BCUT2D eigenvalue weighted by Gasteiger charge is 2.19. The van der Waals surface area contributed by atoms with Gasteiger partial charge in [0, 0.05) is 28.6 Å². The number of benzene rings is 1. The van der Waals surface area contributed by atoms with Crippen LogP contribution in [0.3, 0.4) is 0 Å². The molecule has 0 saturated carbocycles. The molecular formula is C16H16ClN3O2S. The second-order valence-electron chi connectivity index (χ2n) is 5.34. The lowest BCUT2D eigenvalue weighted by Crippen LogP contribution is -2.47. The van der Waals surface area contributed by atoms with Crippen LogP contribution in [-0.4, -0.2) is 29.8 Å². The minimum atomic E-state index is -0.389. The summed E-state index contributed by atoms with van der Waals surface area (Å²) in [6.07, 6.45) is 0.967. The van der Waals surface area contributed by atoms with Crippen LogP contribution < -0.4 is 10.9 Å². The molecule has 120 valence electrons. The van der Waals surface area contributed by atoms with Crippen molar-refractivity contribution in [1.82, 2.24) is 15.8 Å². The highest BCUT2D eigenvalue weighted by atomic mass is 35.5. The van der Waals surface area contributed by atoms with E-state index in [9.17, 15) is 9.59 Å². The average Bonchev–Trinajstić information content (AvgIpc) is 3.00. The zero-order valence-corrected chi connectivity index (χ0v) is 13.9. The number of nitrogens with zero attached hydrogens (tertiary/aromatic N) is 1. The average molecular weight is 350 g/mol. The fraction of sp³-hybridized carbons (Fsp3) is 0.250. The Labute approximate surface area is 143 Å². The van der Waals surface area contributed by atoms with Crippen molar-refractivity contribution in [1.29, 1.82) is 0 Å². The number of nitrogens with one attached hydrogen (secondary N) is 2. The number of fused-ring (bicyclic) bond motifs is 1. The maximum Gasteiger partial charge on any atom is 0.269 e. The van der Waals surface area contributed by atoms with Crippen molar-refractivity contribution >= 4 is 34.8 Å². The standard InChI is InChI=1S/C16H16ClN3O2S/c17-13-3-1-2-11(8-13)16(22)19-18-15(21)10-20-6-4-14-12(9-20)5-7-23-14/h1-3,5,7-8H,4,6,9-10H2,(H,18,21)(H,19,22). The monoisotopic (exact) mass is 349 g/mol. The zero-order valence-electron chi connectivity index (χ0n) is 12.3. The highest BCUT2D eigenvalue weighted by Crippen LogP contribution is 2.23. The van der Waals surface area contributed by atoms with Crippen LogP contribution in [0.25, 0.3) is 0 Å². The van der Waals surface area contributed by atoms with Crippen LogP contribution in [0, 0.1) is 0 Å². The molecule has 5 nitrogen and oxygen atoms in total. The van der Waals surface area contributed by atoms with Gasteiger partial charge in [-0.2, -0.15) is 0 Å². The van der Waals surface area contributed by atoms with Crippen molar-refractivity contribution in [2.45, 2.75) is 13.0 Å². The number of hydrogen-bond acceptors (Lipinski definition) is 4. The molecule has 2 aromatic rings. The molecule has 1 aliphatic heterocycles. The predicted octanol–water partition coefficient (Wildman–Crippen LogP) is 2.22. The second-order valence-corrected chi connectivity index (χ2v) is 6.78. The fourth-order valence-corrected chi connectivity index (χ4v) is 3.59. The second kappa shape index (κ2) is 7.12. The molecule has 0 radical (unpaired) electrons. The van der Waals surface area contributed by atoms with E-state index in [-0.39, 0.29) is 18.4 Å². The fourth-order valence-electron chi connectivity index (χ4n) is 2.51. The predicted molar refractivity (Wildman–Crippen MR) is 90.4 cm³/mol. The molecule has 0 saturated heterocycles. The number of rotatable bonds is 3. The Balaban J connectivity index is 1.48. The van der Waals surface area contributed by atoms with Crippen molar-refractivity contribution in [3.63, 3.8) is 0 Å². The lowest BCUT2D eigenvalue weighted by molar-refractivity contribution is -0.123. The van der Waals surface area contributed by atoms with Gasteiger partial charge in [-0.05, 0) is 41.6 Å². The number of halogens is 1.